The molecule has 0 bridgehead atoms. The molecule has 0 aromatic heterocycles. The van der Waals surface area contributed by atoms with Gasteiger partial charge in [0.2, 0.25) is 0 Å². The van der Waals surface area contributed by atoms with Crippen molar-refractivity contribution < 1.29 is 14.6 Å². The van der Waals surface area contributed by atoms with Crippen molar-refractivity contribution in [2.45, 2.75) is 39.7 Å². The Labute approximate surface area is 80.1 Å². The normalized spacial score (nSPS) is 20.1. The van der Waals surface area contributed by atoms with E-state index in [0.717, 1.165) is 6.42 Å². The van der Waals surface area contributed by atoms with Gasteiger partial charge in [-0.25, -0.2) is 0 Å². The van der Waals surface area contributed by atoms with Gasteiger partial charge in [-0.1, -0.05) is 27.2 Å². The first-order valence-electron chi connectivity index (χ1n) is 4.74. The first-order valence-corrected chi connectivity index (χ1v) is 4.74. The highest BCUT2D eigenvalue weighted by Crippen LogP contribution is 2.28. The van der Waals surface area contributed by atoms with Crippen LogP contribution in [-0.2, 0) is 9.53 Å². The Morgan fingerprint density at radius 3 is 2.38 bits per heavy atom. The minimum atomic E-state index is -0.766. The van der Waals surface area contributed by atoms with Crippen LogP contribution in [-0.4, -0.2) is 23.8 Å². The van der Waals surface area contributed by atoms with E-state index in [2.05, 4.69) is 4.74 Å². The fourth-order valence-electron chi connectivity index (χ4n) is 1.25. The standard InChI is InChI=1S/C10H20O3/c1-5-8(2)10(4,12)9(3)6-13-7-11/h7-9,12H,5-6H2,1-4H3. The Bertz CT molecular complexity index is 154. The van der Waals surface area contributed by atoms with Crippen molar-refractivity contribution in [3.05, 3.63) is 0 Å². The van der Waals surface area contributed by atoms with Crippen molar-refractivity contribution in [3.63, 3.8) is 0 Å². The van der Waals surface area contributed by atoms with E-state index >= 15 is 0 Å². The number of aliphatic hydroxyl groups is 1. The van der Waals surface area contributed by atoms with Gasteiger partial charge in [-0.05, 0) is 12.8 Å². The molecule has 3 heteroatoms. The molecule has 0 aromatic rings. The van der Waals surface area contributed by atoms with Crippen molar-refractivity contribution in [2.75, 3.05) is 6.61 Å². The van der Waals surface area contributed by atoms with Crippen LogP contribution < -0.4 is 0 Å². The number of hydrogen-bond acceptors (Lipinski definition) is 3. The van der Waals surface area contributed by atoms with Gasteiger partial charge >= 0.3 is 0 Å². The Balaban J connectivity index is 4.16. The van der Waals surface area contributed by atoms with Gasteiger partial charge in [0, 0.05) is 5.92 Å². The summed E-state index contributed by atoms with van der Waals surface area (Å²) >= 11 is 0. The number of ether oxygens (including phenoxy) is 1. The van der Waals surface area contributed by atoms with Crippen LogP contribution in [0.25, 0.3) is 0 Å². The summed E-state index contributed by atoms with van der Waals surface area (Å²) in [6.07, 6.45) is 0.915. The third kappa shape index (κ3) is 3.35. The van der Waals surface area contributed by atoms with E-state index < -0.39 is 5.60 Å². The lowest BCUT2D eigenvalue weighted by Gasteiger charge is -2.35. The van der Waals surface area contributed by atoms with Gasteiger partial charge in [0.25, 0.3) is 6.47 Å². The molecule has 3 atom stereocenters. The minimum Gasteiger partial charge on any atom is -0.467 e. The number of carbonyl (C=O) groups excluding carboxylic acids is 1. The molecule has 0 saturated carbocycles. The third-order valence-corrected chi connectivity index (χ3v) is 3.02. The molecule has 0 heterocycles. The van der Waals surface area contributed by atoms with Crippen LogP contribution in [0, 0.1) is 11.8 Å². The lowest BCUT2D eigenvalue weighted by molar-refractivity contribution is -0.134. The van der Waals surface area contributed by atoms with Gasteiger partial charge in [-0.15, -0.1) is 0 Å². The number of carbonyl (C=O) groups is 1. The molecule has 0 fully saturated rings. The summed E-state index contributed by atoms with van der Waals surface area (Å²) in [4.78, 5) is 9.97. The summed E-state index contributed by atoms with van der Waals surface area (Å²) in [5, 5.41) is 10.1. The molecule has 0 spiro atoms. The highest BCUT2D eigenvalue weighted by molar-refractivity contribution is 5.36. The first-order chi connectivity index (χ1) is 5.96. The Hall–Kier alpha value is -0.570. The van der Waals surface area contributed by atoms with Gasteiger partial charge in [0.15, 0.2) is 0 Å². The molecule has 78 valence electrons. The lowest BCUT2D eigenvalue weighted by atomic mass is 9.79. The van der Waals surface area contributed by atoms with Gasteiger partial charge in [-0.3, -0.25) is 4.79 Å². The van der Waals surface area contributed by atoms with Gasteiger partial charge in [0.05, 0.1) is 12.2 Å². The van der Waals surface area contributed by atoms with Crippen molar-refractivity contribution in [1.82, 2.24) is 0 Å². The molecule has 3 unspecified atom stereocenters. The van der Waals surface area contributed by atoms with Crippen LogP contribution in [0.5, 0.6) is 0 Å². The van der Waals surface area contributed by atoms with Crippen LogP contribution in [0.15, 0.2) is 0 Å². The molecule has 0 aliphatic heterocycles. The number of hydrogen-bond donors (Lipinski definition) is 1. The van der Waals surface area contributed by atoms with Crippen LogP contribution in [0.1, 0.15) is 34.1 Å². The molecule has 0 amide bonds. The predicted molar refractivity (Wildman–Crippen MR) is 51.3 cm³/mol. The SMILES string of the molecule is CCC(C)C(C)(O)C(C)COC=O. The van der Waals surface area contributed by atoms with E-state index in [1.54, 1.807) is 6.92 Å². The summed E-state index contributed by atoms with van der Waals surface area (Å²) in [6.45, 7) is 8.41. The maximum Gasteiger partial charge on any atom is 0.293 e. The summed E-state index contributed by atoms with van der Waals surface area (Å²) in [5.41, 5.74) is -0.766. The van der Waals surface area contributed by atoms with E-state index in [1.165, 1.54) is 0 Å². The molecule has 1 N–H and O–H groups in total. The summed E-state index contributed by atoms with van der Waals surface area (Å²) in [5.74, 6) is 0.172. The average Bonchev–Trinajstić information content (AvgIpc) is 2.12. The quantitative estimate of drug-likeness (QED) is 0.644. The third-order valence-electron chi connectivity index (χ3n) is 3.02. The smallest absolute Gasteiger partial charge is 0.293 e. The second-order valence-corrected chi connectivity index (χ2v) is 3.87. The van der Waals surface area contributed by atoms with Gasteiger partial charge in [-0.2, -0.15) is 0 Å². The molecule has 0 saturated heterocycles. The second kappa shape index (κ2) is 5.22. The molecular weight excluding hydrogens is 168 g/mol. The van der Waals surface area contributed by atoms with Crippen LogP contribution >= 0.6 is 0 Å². The maximum absolute atomic E-state index is 10.1. The zero-order valence-electron chi connectivity index (χ0n) is 8.91. The van der Waals surface area contributed by atoms with Crippen LogP contribution in [0.4, 0.5) is 0 Å². The Kier molecular flexibility index (Phi) is 4.99. The fraction of sp³-hybridized carbons (Fsp3) is 0.900. The fourth-order valence-corrected chi connectivity index (χ4v) is 1.25. The van der Waals surface area contributed by atoms with E-state index in [0.29, 0.717) is 6.47 Å². The average molecular weight is 188 g/mol. The topological polar surface area (TPSA) is 46.5 Å². The van der Waals surface area contributed by atoms with E-state index in [-0.39, 0.29) is 18.4 Å². The monoisotopic (exact) mass is 188 g/mol. The van der Waals surface area contributed by atoms with Crippen LogP contribution in [0.3, 0.4) is 0 Å². The minimum absolute atomic E-state index is 0.0346. The zero-order valence-corrected chi connectivity index (χ0v) is 8.91. The Morgan fingerprint density at radius 2 is 2.00 bits per heavy atom. The maximum atomic E-state index is 10.1. The van der Waals surface area contributed by atoms with Crippen molar-refractivity contribution in [2.24, 2.45) is 11.8 Å². The van der Waals surface area contributed by atoms with Crippen molar-refractivity contribution >= 4 is 6.47 Å². The number of rotatable bonds is 6. The van der Waals surface area contributed by atoms with Crippen LogP contribution in [0.2, 0.25) is 0 Å². The molecule has 0 aliphatic rings. The van der Waals surface area contributed by atoms with Gasteiger partial charge in [0.1, 0.15) is 0 Å². The van der Waals surface area contributed by atoms with E-state index in [4.69, 9.17) is 0 Å². The first kappa shape index (κ1) is 12.4. The predicted octanol–water partition coefficient (Wildman–Crippen LogP) is 1.59. The molecule has 3 nitrogen and oxygen atoms in total. The lowest BCUT2D eigenvalue weighted by Crippen LogP contribution is -2.41. The summed E-state index contributed by atoms with van der Waals surface area (Å²) in [7, 11) is 0. The molecule has 13 heavy (non-hydrogen) atoms. The van der Waals surface area contributed by atoms with Crippen molar-refractivity contribution in [1.29, 1.82) is 0 Å². The Morgan fingerprint density at radius 1 is 1.46 bits per heavy atom. The second-order valence-electron chi connectivity index (χ2n) is 3.87. The zero-order chi connectivity index (χ0) is 10.5. The van der Waals surface area contributed by atoms with E-state index in [1.807, 2.05) is 20.8 Å². The highest BCUT2D eigenvalue weighted by atomic mass is 16.5. The molecule has 0 rings (SSSR count). The molecule has 0 aromatic carbocycles. The largest absolute Gasteiger partial charge is 0.467 e. The molecular formula is C10H20O3. The molecule has 0 radical (unpaired) electrons. The summed E-state index contributed by atoms with van der Waals surface area (Å²) in [6, 6.07) is 0. The van der Waals surface area contributed by atoms with Crippen molar-refractivity contribution in [3.8, 4) is 0 Å². The highest BCUT2D eigenvalue weighted by Gasteiger charge is 2.33. The molecule has 0 aliphatic carbocycles. The van der Waals surface area contributed by atoms with Gasteiger partial charge < -0.3 is 9.84 Å². The summed E-state index contributed by atoms with van der Waals surface area (Å²) < 4.78 is 4.64. The van der Waals surface area contributed by atoms with E-state index in [9.17, 15) is 9.90 Å².